The summed E-state index contributed by atoms with van der Waals surface area (Å²) in [4.78, 5) is 23.5. The Kier molecular flexibility index (Phi) is 6.07. The molecule has 1 atom stereocenters. The van der Waals surface area contributed by atoms with Gasteiger partial charge < -0.3 is 15.7 Å². The van der Waals surface area contributed by atoms with Gasteiger partial charge in [0.05, 0.1) is 0 Å². The molecule has 0 spiro atoms. The average Bonchev–Trinajstić information content (AvgIpc) is 2.51. The van der Waals surface area contributed by atoms with Crippen molar-refractivity contribution in [1.82, 2.24) is 5.32 Å². The molecule has 0 saturated heterocycles. The lowest BCUT2D eigenvalue weighted by Crippen LogP contribution is -2.33. The van der Waals surface area contributed by atoms with Crippen LogP contribution in [0.25, 0.3) is 0 Å². The third-order valence-corrected chi connectivity index (χ3v) is 3.15. The minimum Gasteiger partial charge on any atom is -0.388 e. The second-order valence-corrected chi connectivity index (χ2v) is 5.14. The zero-order chi connectivity index (χ0) is 16.8. The molecule has 1 amide bonds. The van der Waals surface area contributed by atoms with E-state index in [0.29, 0.717) is 11.1 Å². The SMILES string of the molecule is CNC(=O)C=CC(C)=CC(C)(O)C(=O)c1ccc(NC)cc1. The van der Waals surface area contributed by atoms with Crippen molar-refractivity contribution in [2.45, 2.75) is 19.4 Å². The van der Waals surface area contributed by atoms with Crippen molar-refractivity contribution >= 4 is 17.4 Å². The maximum atomic E-state index is 12.4. The van der Waals surface area contributed by atoms with Crippen molar-refractivity contribution in [3.8, 4) is 0 Å². The highest BCUT2D eigenvalue weighted by molar-refractivity contribution is 6.03. The highest BCUT2D eigenvalue weighted by Crippen LogP contribution is 2.19. The highest BCUT2D eigenvalue weighted by atomic mass is 16.3. The molecule has 1 aromatic rings. The average molecular weight is 302 g/mol. The van der Waals surface area contributed by atoms with Gasteiger partial charge in [-0.15, -0.1) is 0 Å². The van der Waals surface area contributed by atoms with E-state index in [1.807, 2.05) is 0 Å². The molecule has 0 bridgehead atoms. The molecule has 0 radical (unpaired) electrons. The molecule has 1 rings (SSSR count). The first-order valence-electron chi connectivity index (χ1n) is 6.94. The molecule has 0 aliphatic rings. The fourth-order valence-electron chi connectivity index (χ4n) is 1.93. The number of anilines is 1. The van der Waals surface area contributed by atoms with Gasteiger partial charge in [-0.1, -0.05) is 11.6 Å². The third kappa shape index (κ3) is 4.86. The van der Waals surface area contributed by atoms with Gasteiger partial charge in [-0.25, -0.2) is 0 Å². The number of aliphatic hydroxyl groups is 1. The maximum absolute atomic E-state index is 12.4. The topological polar surface area (TPSA) is 78.4 Å². The maximum Gasteiger partial charge on any atom is 0.243 e. The first kappa shape index (κ1) is 17.7. The quantitative estimate of drug-likeness (QED) is 0.426. The van der Waals surface area contributed by atoms with Crippen molar-refractivity contribution < 1.29 is 14.7 Å². The number of likely N-dealkylation sites (N-methyl/N-ethyl adjacent to an activating group) is 1. The normalized spacial score (nSPS) is 14.5. The summed E-state index contributed by atoms with van der Waals surface area (Å²) in [5.41, 5.74) is 0.284. The number of ketones is 1. The zero-order valence-corrected chi connectivity index (χ0v) is 13.3. The van der Waals surface area contributed by atoms with Gasteiger partial charge in [-0.05, 0) is 44.2 Å². The molecule has 0 heterocycles. The number of rotatable bonds is 6. The van der Waals surface area contributed by atoms with E-state index in [2.05, 4.69) is 10.6 Å². The summed E-state index contributed by atoms with van der Waals surface area (Å²) < 4.78 is 0. The van der Waals surface area contributed by atoms with Gasteiger partial charge in [0, 0.05) is 31.4 Å². The summed E-state index contributed by atoms with van der Waals surface area (Å²) in [6.07, 6.45) is 4.32. The van der Waals surface area contributed by atoms with Crippen LogP contribution in [0.3, 0.4) is 0 Å². The van der Waals surface area contributed by atoms with Crippen molar-refractivity contribution in [3.63, 3.8) is 0 Å². The molecule has 22 heavy (non-hydrogen) atoms. The van der Waals surface area contributed by atoms with Crippen LogP contribution in [0.5, 0.6) is 0 Å². The number of allylic oxidation sites excluding steroid dienone is 2. The number of benzene rings is 1. The third-order valence-electron chi connectivity index (χ3n) is 3.15. The summed E-state index contributed by atoms with van der Waals surface area (Å²) >= 11 is 0. The Bertz CT molecular complexity index is 599. The monoisotopic (exact) mass is 302 g/mol. The molecule has 0 aliphatic carbocycles. The van der Waals surface area contributed by atoms with E-state index in [-0.39, 0.29) is 5.91 Å². The predicted molar refractivity (Wildman–Crippen MR) is 87.9 cm³/mol. The molecule has 0 fully saturated rings. The summed E-state index contributed by atoms with van der Waals surface area (Å²) in [6.45, 7) is 3.14. The second kappa shape index (κ2) is 7.56. The Morgan fingerprint density at radius 1 is 1.14 bits per heavy atom. The van der Waals surface area contributed by atoms with Crippen molar-refractivity contribution in [1.29, 1.82) is 0 Å². The summed E-state index contributed by atoms with van der Waals surface area (Å²) in [5, 5.41) is 15.8. The van der Waals surface area contributed by atoms with E-state index < -0.39 is 11.4 Å². The minimum atomic E-state index is -1.64. The number of nitrogens with one attached hydrogen (secondary N) is 2. The standard InChI is InChI=1S/C17H22N2O3/c1-12(5-10-15(20)19-4)11-17(2,22)16(21)13-6-8-14(18-3)9-7-13/h5-11,18,22H,1-4H3,(H,19,20). The Balaban J connectivity index is 2.93. The summed E-state index contributed by atoms with van der Waals surface area (Å²) in [6, 6.07) is 6.86. The molecule has 3 N–H and O–H groups in total. The van der Waals surface area contributed by atoms with Crippen molar-refractivity contribution in [2.24, 2.45) is 0 Å². The first-order chi connectivity index (χ1) is 10.3. The van der Waals surface area contributed by atoms with Crippen LogP contribution in [0, 0.1) is 0 Å². The molecular weight excluding hydrogens is 280 g/mol. The summed E-state index contributed by atoms with van der Waals surface area (Å²) in [7, 11) is 3.32. The Morgan fingerprint density at radius 3 is 2.23 bits per heavy atom. The molecule has 5 nitrogen and oxygen atoms in total. The van der Waals surface area contributed by atoms with Gasteiger partial charge in [0.25, 0.3) is 0 Å². The molecule has 1 unspecified atom stereocenters. The van der Waals surface area contributed by atoms with E-state index in [9.17, 15) is 14.7 Å². The van der Waals surface area contributed by atoms with E-state index in [1.165, 1.54) is 26.1 Å². The first-order valence-corrected chi connectivity index (χ1v) is 6.94. The largest absolute Gasteiger partial charge is 0.388 e. The molecule has 118 valence electrons. The van der Waals surface area contributed by atoms with Crippen LogP contribution in [-0.4, -0.2) is 36.5 Å². The van der Waals surface area contributed by atoms with Crippen LogP contribution in [0.4, 0.5) is 5.69 Å². The van der Waals surface area contributed by atoms with Crippen LogP contribution in [0.2, 0.25) is 0 Å². The van der Waals surface area contributed by atoms with Crippen LogP contribution in [0.15, 0.2) is 48.1 Å². The molecule has 5 heteroatoms. The molecule has 1 aromatic carbocycles. The van der Waals surface area contributed by atoms with E-state index >= 15 is 0 Å². The van der Waals surface area contributed by atoms with E-state index in [4.69, 9.17) is 0 Å². The molecular formula is C17H22N2O3. The lowest BCUT2D eigenvalue weighted by molar-refractivity contribution is -0.116. The number of carbonyl (C=O) groups excluding carboxylic acids is 2. The lowest BCUT2D eigenvalue weighted by Gasteiger charge is -2.18. The zero-order valence-electron chi connectivity index (χ0n) is 13.3. The number of Topliss-reactive ketones (excluding diaryl/α,β-unsaturated/α-hetero) is 1. The molecule has 0 aliphatic heterocycles. The number of amides is 1. The van der Waals surface area contributed by atoms with Crippen LogP contribution in [0.1, 0.15) is 24.2 Å². The molecule has 0 aromatic heterocycles. The minimum absolute atomic E-state index is 0.249. The number of carbonyl (C=O) groups is 2. The van der Waals surface area contributed by atoms with Crippen LogP contribution >= 0.6 is 0 Å². The van der Waals surface area contributed by atoms with Crippen molar-refractivity contribution in [2.75, 3.05) is 19.4 Å². The Hall–Kier alpha value is -2.40. The lowest BCUT2D eigenvalue weighted by atomic mass is 9.92. The fraction of sp³-hybridized carbons (Fsp3) is 0.294. The van der Waals surface area contributed by atoms with E-state index in [0.717, 1.165) is 5.69 Å². The van der Waals surface area contributed by atoms with Gasteiger partial charge in [0.2, 0.25) is 5.91 Å². The highest BCUT2D eigenvalue weighted by Gasteiger charge is 2.28. The van der Waals surface area contributed by atoms with Gasteiger partial charge in [0.15, 0.2) is 5.78 Å². The van der Waals surface area contributed by atoms with Gasteiger partial charge >= 0.3 is 0 Å². The second-order valence-electron chi connectivity index (χ2n) is 5.14. The van der Waals surface area contributed by atoms with Crippen molar-refractivity contribution in [3.05, 3.63) is 53.6 Å². The fourth-order valence-corrected chi connectivity index (χ4v) is 1.93. The Morgan fingerprint density at radius 2 is 1.73 bits per heavy atom. The van der Waals surface area contributed by atoms with Gasteiger partial charge in [-0.2, -0.15) is 0 Å². The van der Waals surface area contributed by atoms with Gasteiger partial charge in [0.1, 0.15) is 5.60 Å². The summed E-state index contributed by atoms with van der Waals surface area (Å²) in [5.74, 6) is -0.649. The van der Waals surface area contributed by atoms with Crippen LogP contribution in [-0.2, 0) is 4.79 Å². The molecule has 0 saturated carbocycles. The Labute approximate surface area is 130 Å². The number of hydrogen-bond donors (Lipinski definition) is 3. The van der Waals surface area contributed by atoms with Crippen LogP contribution < -0.4 is 10.6 Å². The number of hydrogen-bond acceptors (Lipinski definition) is 4. The smallest absolute Gasteiger partial charge is 0.243 e. The predicted octanol–water partition coefficient (Wildman–Crippen LogP) is 1.91. The van der Waals surface area contributed by atoms with Gasteiger partial charge in [-0.3, -0.25) is 9.59 Å². The van der Waals surface area contributed by atoms with E-state index in [1.54, 1.807) is 44.3 Å².